The fourth-order valence-corrected chi connectivity index (χ4v) is 2.40. The van der Waals surface area contributed by atoms with Crippen molar-refractivity contribution in [1.82, 2.24) is 5.32 Å². The Labute approximate surface area is 86.8 Å². The number of hydrogen-bond acceptors (Lipinski definition) is 2. The molecular weight excluding hydrogens is 230 g/mol. The van der Waals surface area contributed by atoms with Crippen molar-refractivity contribution in [2.45, 2.75) is 32.2 Å². The van der Waals surface area contributed by atoms with Crippen molar-refractivity contribution in [1.29, 1.82) is 0 Å². The second-order valence-electron chi connectivity index (χ2n) is 3.60. The van der Waals surface area contributed by atoms with Gasteiger partial charge in [-0.25, -0.2) is 0 Å². The Morgan fingerprint density at radius 1 is 1.54 bits per heavy atom. The zero-order valence-corrected chi connectivity index (χ0v) is 9.36. The summed E-state index contributed by atoms with van der Waals surface area (Å²) in [6.07, 6.45) is 3.79. The number of nitrogens with one attached hydrogen (secondary N) is 1. The lowest BCUT2D eigenvalue weighted by molar-refractivity contribution is 0.342. The molecule has 0 bridgehead atoms. The molecule has 0 aromatic carbocycles. The molecule has 2 heterocycles. The highest BCUT2D eigenvalue weighted by Crippen LogP contribution is 2.29. The smallest absolute Gasteiger partial charge is 0.169 e. The van der Waals surface area contributed by atoms with Crippen LogP contribution in [0.4, 0.5) is 0 Å². The molecule has 1 fully saturated rings. The molecule has 0 radical (unpaired) electrons. The van der Waals surface area contributed by atoms with Gasteiger partial charge in [0.05, 0.1) is 6.04 Å². The van der Waals surface area contributed by atoms with Crippen LogP contribution in [0.3, 0.4) is 0 Å². The van der Waals surface area contributed by atoms with E-state index in [1.165, 1.54) is 24.8 Å². The van der Waals surface area contributed by atoms with Gasteiger partial charge in [0.1, 0.15) is 5.76 Å². The maximum Gasteiger partial charge on any atom is 0.169 e. The van der Waals surface area contributed by atoms with E-state index in [0.29, 0.717) is 6.04 Å². The molecule has 72 valence electrons. The minimum Gasteiger partial charge on any atom is -0.452 e. The highest BCUT2D eigenvalue weighted by Gasteiger charge is 2.20. The van der Waals surface area contributed by atoms with Gasteiger partial charge in [-0.1, -0.05) is 6.42 Å². The first-order valence-electron chi connectivity index (χ1n) is 4.76. The number of piperidine rings is 1. The maximum atomic E-state index is 5.61. The van der Waals surface area contributed by atoms with Crippen LogP contribution in [0, 0.1) is 6.92 Å². The molecule has 0 amide bonds. The molecule has 3 heteroatoms. The molecule has 1 saturated heterocycles. The third kappa shape index (κ3) is 1.97. The molecule has 1 aliphatic rings. The van der Waals surface area contributed by atoms with Crippen LogP contribution in [-0.2, 0) is 0 Å². The summed E-state index contributed by atoms with van der Waals surface area (Å²) in [5, 5.41) is 3.47. The van der Waals surface area contributed by atoms with Gasteiger partial charge in [0.25, 0.3) is 0 Å². The van der Waals surface area contributed by atoms with Gasteiger partial charge in [0.15, 0.2) is 4.67 Å². The predicted octanol–water partition coefficient (Wildman–Crippen LogP) is 3.17. The van der Waals surface area contributed by atoms with Gasteiger partial charge < -0.3 is 9.73 Å². The lowest BCUT2D eigenvalue weighted by Gasteiger charge is -2.22. The molecule has 0 spiro atoms. The number of furan rings is 1. The molecule has 0 aliphatic carbocycles. The monoisotopic (exact) mass is 243 g/mol. The first kappa shape index (κ1) is 9.28. The fourth-order valence-electron chi connectivity index (χ4n) is 1.88. The highest BCUT2D eigenvalue weighted by molar-refractivity contribution is 9.10. The first-order valence-corrected chi connectivity index (χ1v) is 5.56. The van der Waals surface area contributed by atoms with Gasteiger partial charge >= 0.3 is 0 Å². The van der Waals surface area contributed by atoms with E-state index in [9.17, 15) is 0 Å². The minimum atomic E-state index is 0.431. The summed E-state index contributed by atoms with van der Waals surface area (Å²) in [6, 6.07) is 2.46. The highest BCUT2D eigenvalue weighted by atomic mass is 79.9. The molecule has 2 nitrogen and oxygen atoms in total. The molecule has 0 saturated carbocycles. The quantitative estimate of drug-likeness (QED) is 0.820. The Balaban J connectivity index is 2.18. The predicted molar refractivity (Wildman–Crippen MR) is 55.7 cm³/mol. The Bertz CT molecular complexity index is 289. The van der Waals surface area contributed by atoms with Crippen molar-refractivity contribution >= 4 is 15.9 Å². The van der Waals surface area contributed by atoms with Crippen molar-refractivity contribution in [2.75, 3.05) is 6.54 Å². The molecule has 13 heavy (non-hydrogen) atoms. The Kier molecular flexibility index (Phi) is 2.74. The molecule has 1 unspecified atom stereocenters. The summed E-state index contributed by atoms with van der Waals surface area (Å²) in [7, 11) is 0. The van der Waals surface area contributed by atoms with E-state index in [-0.39, 0.29) is 0 Å². The second kappa shape index (κ2) is 3.84. The van der Waals surface area contributed by atoms with Crippen LogP contribution in [0.1, 0.15) is 36.6 Å². The van der Waals surface area contributed by atoms with Crippen LogP contribution >= 0.6 is 15.9 Å². The lowest BCUT2D eigenvalue weighted by atomic mass is 10.0. The van der Waals surface area contributed by atoms with Gasteiger partial charge in [-0.3, -0.25) is 0 Å². The normalized spacial score (nSPS) is 23.4. The van der Waals surface area contributed by atoms with Crippen LogP contribution in [-0.4, -0.2) is 6.54 Å². The summed E-state index contributed by atoms with van der Waals surface area (Å²) >= 11 is 3.36. The van der Waals surface area contributed by atoms with E-state index in [4.69, 9.17) is 4.42 Å². The number of hydrogen-bond donors (Lipinski definition) is 1. The van der Waals surface area contributed by atoms with Crippen LogP contribution in [0.2, 0.25) is 0 Å². The van der Waals surface area contributed by atoms with Gasteiger partial charge in [-0.05, 0) is 53.9 Å². The van der Waals surface area contributed by atoms with E-state index < -0.39 is 0 Å². The average Bonchev–Trinajstić information content (AvgIpc) is 2.47. The first-order chi connectivity index (χ1) is 6.27. The van der Waals surface area contributed by atoms with Crippen LogP contribution in [0.15, 0.2) is 15.2 Å². The Morgan fingerprint density at radius 3 is 2.92 bits per heavy atom. The molecule has 2 rings (SSSR count). The molecule has 1 atom stereocenters. The summed E-state index contributed by atoms with van der Waals surface area (Å²) in [5.41, 5.74) is 1.24. The molecular formula is C10H14BrNO. The average molecular weight is 244 g/mol. The molecule has 1 N–H and O–H groups in total. The van der Waals surface area contributed by atoms with Crippen LogP contribution in [0.5, 0.6) is 0 Å². The summed E-state index contributed by atoms with van der Waals surface area (Å²) in [4.78, 5) is 0. The summed E-state index contributed by atoms with van der Waals surface area (Å²) < 4.78 is 6.45. The maximum absolute atomic E-state index is 5.61. The van der Waals surface area contributed by atoms with Gasteiger partial charge in [0.2, 0.25) is 0 Å². The van der Waals surface area contributed by atoms with Gasteiger partial charge in [-0.15, -0.1) is 0 Å². The molecule has 1 aliphatic heterocycles. The van der Waals surface area contributed by atoms with Crippen molar-refractivity contribution in [3.05, 3.63) is 22.1 Å². The summed E-state index contributed by atoms with van der Waals surface area (Å²) in [5.74, 6) is 1.10. The fraction of sp³-hybridized carbons (Fsp3) is 0.600. The number of aryl methyl sites for hydroxylation is 1. The van der Waals surface area contributed by atoms with E-state index in [1.807, 2.05) is 6.07 Å². The van der Waals surface area contributed by atoms with Crippen molar-refractivity contribution in [2.24, 2.45) is 0 Å². The van der Waals surface area contributed by atoms with E-state index in [2.05, 4.69) is 28.2 Å². The minimum absolute atomic E-state index is 0.431. The number of halogens is 1. The Hall–Kier alpha value is -0.280. The molecule has 1 aromatic rings. The van der Waals surface area contributed by atoms with Gasteiger partial charge in [0, 0.05) is 0 Å². The third-order valence-electron chi connectivity index (χ3n) is 2.55. The number of rotatable bonds is 1. The van der Waals surface area contributed by atoms with Gasteiger partial charge in [-0.2, -0.15) is 0 Å². The summed E-state index contributed by atoms with van der Waals surface area (Å²) in [6.45, 7) is 3.21. The molecule has 1 aromatic heterocycles. The SMILES string of the molecule is Cc1cc(Br)oc1C1CCCCN1. The zero-order valence-electron chi connectivity index (χ0n) is 7.77. The van der Waals surface area contributed by atoms with E-state index in [1.54, 1.807) is 0 Å². The third-order valence-corrected chi connectivity index (χ3v) is 2.94. The standard InChI is InChI=1S/C10H14BrNO/c1-7-6-9(11)13-10(7)8-4-2-3-5-12-8/h6,8,12H,2-5H2,1H3. The lowest BCUT2D eigenvalue weighted by Crippen LogP contribution is -2.26. The van der Waals surface area contributed by atoms with Crippen molar-refractivity contribution < 1.29 is 4.42 Å². The van der Waals surface area contributed by atoms with Crippen LogP contribution in [0.25, 0.3) is 0 Å². The van der Waals surface area contributed by atoms with Crippen LogP contribution < -0.4 is 5.32 Å². The van der Waals surface area contributed by atoms with Crippen molar-refractivity contribution in [3.8, 4) is 0 Å². The second-order valence-corrected chi connectivity index (χ2v) is 4.38. The topological polar surface area (TPSA) is 25.2 Å². The Morgan fingerprint density at radius 2 is 2.38 bits per heavy atom. The largest absolute Gasteiger partial charge is 0.452 e. The van der Waals surface area contributed by atoms with E-state index in [0.717, 1.165) is 17.0 Å². The van der Waals surface area contributed by atoms with E-state index >= 15 is 0 Å². The van der Waals surface area contributed by atoms with Crippen molar-refractivity contribution in [3.63, 3.8) is 0 Å². The zero-order chi connectivity index (χ0) is 9.26.